The lowest BCUT2D eigenvalue weighted by Gasteiger charge is -2.59. The predicted octanol–water partition coefficient (Wildman–Crippen LogP) is 4.33. The van der Waals surface area contributed by atoms with Crippen molar-refractivity contribution in [2.75, 3.05) is 0 Å². The van der Waals surface area contributed by atoms with Gasteiger partial charge in [0.05, 0.1) is 6.10 Å². The van der Waals surface area contributed by atoms with E-state index < -0.39 is 6.10 Å². The van der Waals surface area contributed by atoms with E-state index in [1.54, 1.807) is 13.0 Å². The Labute approximate surface area is 157 Å². The van der Waals surface area contributed by atoms with Crippen LogP contribution in [0.1, 0.15) is 72.6 Å². The SMILES string of the molecule is CC[C@@H]1C[C@H]2[C@@H]3C[C@@H](O)C4=CC(=O)CC[C@]4(C)[C@H]3CC[C@]2(C)[C@H]1C(C)=O. The van der Waals surface area contributed by atoms with E-state index >= 15 is 0 Å². The number of rotatable bonds is 2. The van der Waals surface area contributed by atoms with E-state index in [4.69, 9.17) is 0 Å². The molecule has 1 N–H and O–H groups in total. The molecule has 3 saturated carbocycles. The molecule has 0 saturated heterocycles. The molecule has 0 bridgehead atoms. The number of Topliss-reactive ketones (excluding diaryl/α,β-unsaturated/α-hetero) is 1. The topological polar surface area (TPSA) is 54.4 Å². The van der Waals surface area contributed by atoms with Gasteiger partial charge >= 0.3 is 0 Å². The third-order valence-electron chi connectivity index (χ3n) is 9.12. The lowest BCUT2D eigenvalue weighted by molar-refractivity contribution is -0.131. The molecule has 0 amide bonds. The highest BCUT2D eigenvalue weighted by Gasteiger charge is 2.63. The van der Waals surface area contributed by atoms with Crippen molar-refractivity contribution >= 4 is 11.6 Å². The summed E-state index contributed by atoms with van der Waals surface area (Å²) in [7, 11) is 0. The second-order valence-corrected chi connectivity index (χ2v) is 10.1. The molecule has 0 spiro atoms. The summed E-state index contributed by atoms with van der Waals surface area (Å²) in [5.41, 5.74) is 1.06. The van der Waals surface area contributed by atoms with Crippen LogP contribution in [0.4, 0.5) is 0 Å². The van der Waals surface area contributed by atoms with Crippen molar-refractivity contribution in [1.82, 2.24) is 0 Å². The van der Waals surface area contributed by atoms with Gasteiger partial charge in [0, 0.05) is 12.3 Å². The number of carbonyl (C=O) groups is 2. The van der Waals surface area contributed by atoms with E-state index in [0.29, 0.717) is 35.9 Å². The summed E-state index contributed by atoms with van der Waals surface area (Å²) >= 11 is 0. The van der Waals surface area contributed by atoms with Crippen molar-refractivity contribution in [2.24, 2.45) is 40.4 Å². The highest BCUT2D eigenvalue weighted by Crippen LogP contribution is 2.68. The Balaban J connectivity index is 1.73. The molecule has 26 heavy (non-hydrogen) atoms. The molecule has 4 rings (SSSR count). The molecule has 3 heteroatoms. The van der Waals surface area contributed by atoms with Crippen LogP contribution in [0.2, 0.25) is 0 Å². The van der Waals surface area contributed by atoms with Crippen molar-refractivity contribution in [1.29, 1.82) is 0 Å². The zero-order valence-electron chi connectivity index (χ0n) is 16.8. The van der Waals surface area contributed by atoms with Crippen molar-refractivity contribution in [2.45, 2.75) is 78.7 Å². The minimum absolute atomic E-state index is 0.0341. The van der Waals surface area contributed by atoms with Gasteiger partial charge in [-0.25, -0.2) is 0 Å². The summed E-state index contributed by atoms with van der Waals surface area (Å²) in [6.45, 7) is 8.67. The Bertz CT molecular complexity index is 664. The van der Waals surface area contributed by atoms with Gasteiger partial charge in [-0.3, -0.25) is 9.59 Å². The minimum Gasteiger partial charge on any atom is -0.389 e. The summed E-state index contributed by atoms with van der Waals surface area (Å²) in [5.74, 6) is 2.80. The van der Waals surface area contributed by atoms with Gasteiger partial charge in [-0.15, -0.1) is 0 Å². The summed E-state index contributed by atoms with van der Waals surface area (Å²) in [6, 6.07) is 0. The smallest absolute Gasteiger partial charge is 0.155 e. The van der Waals surface area contributed by atoms with Crippen LogP contribution in [0.3, 0.4) is 0 Å². The largest absolute Gasteiger partial charge is 0.389 e. The molecule has 144 valence electrons. The maximum atomic E-state index is 12.5. The molecule has 4 aliphatic carbocycles. The highest BCUT2D eigenvalue weighted by atomic mass is 16.3. The fourth-order valence-electron chi connectivity index (χ4n) is 7.98. The number of aliphatic hydroxyl groups is 1. The number of ketones is 2. The Morgan fingerprint density at radius 2 is 1.96 bits per heavy atom. The van der Waals surface area contributed by atoms with Gasteiger partial charge in [0.2, 0.25) is 0 Å². The molecule has 3 fully saturated rings. The van der Waals surface area contributed by atoms with Crippen LogP contribution in [-0.2, 0) is 9.59 Å². The summed E-state index contributed by atoms with van der Waals surface area (Å²) in [5, 5.41) is 10.9. The van der Waals surface area contributed by atoms with Crippen LogP contribution >= 0.6 is 0 Å². The van der Waals surface area contributed by atoms with Crippen molar-refractivity contribution < 1.29 is 14.7 Å². The van der Waals surface area contributed by atoms with E-state index in [0.717, 1.165) is 44.1 Å². The van der Waals surface area contributed by atoms with E-state index in [2.05, 4.69) is 20.8 Å². The number of aliphatic hydroxyl groups excluding tert-OH is 1. The summed E-state index contributed by atoms with van der Waals surface area (Å²) in [4.78, 5) is 24.5. The molecular weight excluding hydrogens is 324 g/mol. The van der Waals surface area contributed by atoms with E-state index in [9.17, 15) is 14.7 Å². The number of hydrogen-bond donors (Lipinski definition) is 1. The Kier molecular flexibility index (Phi) is 4.26. The van der Waals surface area contributed by atoms with Crippen LogP contribution in [0, 0.1) is 40.4 Å². The molecule has 0 heterocycles. The van der Waals surface area contributed by atoms with Crippen LogP contribution in [0.25, 0.3) is 0 Å². The lowest BCUT2D eigenvalue weighted by Crippen LogP contribution is -2.54. The standard InChI is InChI=1S/C23H34O3/c1-5-14-10-18-16-12-20(26)19-11-15(25)6-8-22(19,3)17(16)7-9-23(18,4)21(14)13(2)24/h11,14,16-18,20-21,26H,5-10,12H2,1-4H3/t14-,16-,17+,18+,20-,21+,22-,23+/m1/s1. The predicted molar refractivity (Wildman–Crippen MR) is 101 cm³/mol. The molecule has 0 radical (unpaired) electrons. The second kappa shape index (κ2) is 6.02. The quantitative estimate of drug-likeness (QED) is 0.799. The Morgan fingerprint density at radius 1 is 1.23 bits per heavy atom. The number of fused-ring (bicyclic) bond motifs is 5. The summed E-state index contributed by atoms with van der Waals surface area (Å²) < 4.78 is 0. The van der Waals surface area contributed by atoms with Crippen molar-refractivity contribution in [3.8, 4) is 0 Å². The fraction of sp³-hybridized carbons (Fsp3) is 0.826. The first-order valence-electron chi connectivity index (χ1n) is 10.7. The fourth-order valence-corrected chi connectivity index (χ4v) is 7.98. The molecule has 3 nitrogen and oxygen atoms in total. The normalized spacial score (nSPS) is 50.5. The first kappa shape index (κ1) is 18.4. The molecule has 0 aromatic carbocycles. The average Bonchev–Trinajstić information content (AvgIpc) is 2.89. The van der Waals surface area contributed by atoms with Gasteiger partial charge in [0.15, 0.2) is 5.78 Å². The highest BCUT2D eigenvalue weighted by molar-refractivity contribution is 5.91. The first-order chi connectivity index (χ1) is 12.2. The molecule has 0 aromatic rings. The van der Waals surface area contributed by atoms with Crippen LogP contribution in [0.5, 0.6) is 0 Å². The van der Waals surface area contributed by atoms with E-state index in [1.807, 2.05) is 0 Å². The van der Waals surface area contributed by atoms with Crippen molar-refractivity contribution in [3.63, 3.8) is 0 Å². The summed E-state index contributed by atoms with van der Waals surface area (Å²) in [6.07, 6.45) is 8.02. The Morgan fingerprint density at radius 3 is 2.62 bits per heavy atom. The van der Waals surface area contributed by atoms with Gasteiger partial charge < -0.3 is 5.11 Å². The van der Waals surface area contributed by atoms with Gasteiger partial charge in [-0.1, -0.05) is 27.2 Å². The Hall–Kier alpha value is -0.960. The van der Waals surface area contributed by atoms with Gasteiger partial charge in [-0.05, 0) is 85.2 Å². The van der Waals surface area contributed by atoms with Crippen LogP contribution in [0.15, 0.2) is 11.6 Å². The third kappa shape index (κ3) is 2.35. The average molecular weight is 359 g/mol. The van der Waals surface area contributed by atoms with E-state index in [1.165, 1.54) is 0 Å². The zero-order valence-corrected chi connectivity index (χ0v) is 16.8. The van der Waals surface area contributed by atoms with Crippen molar-refractivity contribution in [3.05, 3.63) is 11.6 Å². The lowest BCUT2D eigenvalue weighted by atomic mass is 9.46. The van der Waals surface area contributed by atoms with Gasteiger partial charge in [0.25, 0.3) is 0 Å². The first-order valence-corrected chi connectivity index (χ1v) is 10.7. The van der Waals surface area contributed by atoms with E-state index in [-0.39, 0.29) is 22.5 Å². The third-order valence-corrected chi connectivity index (χ3v) is 9.12. The number of hydrogen-bond acceptors (Lipinski definition) is 3. The molecular formula is C23H34O3. The monoisotopic (exact) mass is 358 g/mol. The minimum atomic E-state index is -0.482. The molecule has 8 atom stereocenters. The second-order valence-electron chi connectivity index (χ2n) is 10.1. The maximum absolute atomic E-state index is 12.5. The molecule has 4 aliphatic rings. The molecule has 0 unspecified atom stereocenters. The maximum Gasteiger partial charge on any atom is 0.155 e. The van der Waals surface area contributed by atoms with Gasteiger partial charge in [0.1, 0.15) is 5.78 Å². The van der Waals surface area contributed by atoms with Crippen LogP contribution < -0.4 is 0 Å². The molecule has 0 aromatic heterocycles. The van der Waals surface area contributed by atoms with Gasteiger partial charge in [-0.2, -0.15) is 0 Å². The molecule has 0 aliphatic heterocycles. The zero-order chi connectivity index (χ0) is 18.9. The van der Waals surface area contributed by atoms with Crippen LogP contribution in [-0.4, -0.2) is 22.8 Å². The number of carbonyl (C=O) groups excluding carboxylic acids is 2.